The van der Waals surface area contributed by atoms with Crippen molar-refractivity contribution >= 4 is 5.91 Å². The van der Waals surface area contributed by atoms with Gasteiger partial charge in [0.1, 0.15) is 12.4 Å². The van der Waals surface area contributed by atoms with Gasteiger partial charge >= 0.3 is 6.18 Å². The zero-order valence-corrected chi connectivity index (χ0v) is 15.1. The molecule has 1 amide bonds. The molecule has 0 aromatic carbocycles. The summed E-state index contributed by atoms with van der Waals surface area (Å²) >= 11 is 0. The zero-order chi connectivity index (χ0) is 18.7. The molecule has 6 nitrogen and oxygen atoms in total. The van der Waals surface area contributed by atoms with Gasteiger partial charge in [0, 0.05) is 51.7 Å². The van der Waals surface area contributed by atoms with E-state index in [0.717, 1.165) is 36.9 Å². The predicted molar refractivity (Wildman–Crippen MR) is 90.4 cm³/mol. The molecular weight excluding hydrogens is 347 g/mol. The van der Waals surface area contributed by atoms with Crippen LogP contribution in [0.3, 0.4) is 0 Å². The Hall–Kier alpha value is -1.61. The van der Waals surface area contributed by atoms with E-state index in [1.807, 2.05) is 11.1 Å². The average Bonchev–Trinajstić information content (AvgIpc) is 3.04. The van der Waals surface area contributed by atoms with Crippen LogP contribution in [0.4, 0.5) is 13.2 Å². The van der Waals surface area contributed by atoms with Gasteiger partial charge in [0.2, 0.25) is 5.91 Å². The number of imidazole rings is 1. The van der Waals surface area contributed by atoms with Crippen molar-refractivity contribution in [2.75, 3.05) is 39.3 Å². The highest BCUT2D eigenvalue weighted by Crippen LogP contribution is 2.24. The first-order valence-electron chi connectivity index (χ1n) is 9.19. The maximum atomic E-state index is 12.7. The molecule has 1 aromatic heterocycles. The van der Waals surface area contributed by atoms with E-state index in [-0.39, 0.29) is 12.5 Å². The lowest BCUT2D eigenvalue weighted by molar-refractivity contribution is -0.168. The number of nitrogens with zero attached hydrogens (tertiary/aromatic N) is 5. The van der Waals surface area contributed by atoms with Crippen molar-refractivity contribution in [3.8, 4) is 0 Å². The van der Waals surface area contributed by atoms with Gasteiger partial charge in [-0.3, -0.25) is 14.6 Å². The molecule has 1 aromatic rings. The molecule has 0 aliphatic carbocycles. The molecule has 0 spiro atoms. The monoisotopic (exact) mass is 373 g/mol. The van der Waals surface area contributed by atoms with E-state index in [0.29, 0.717) is 25.9 Å². The molecule has 1 atom stereocenters. The molecule has 0 bridgehead atoms. The van der Waals surface area contributed by atoms with Gasteiger partial charge in [0.25, 0.3) is 0 Å². The predicted octanol–water partition coefficient (Wildman–Crippen LogP) is 1.57. The van der Waals surface area contributed by atoms with Gasteiger partial charge in [0.15, 0.2) is 0 Å². The van der Waals surface area contributed by atoms with E-state index < -0.39 is 18.8 Å². The number of halogens is 3. The summed E-state index contributed by atoms with van der Waals surface area (Å²) in [5.74, 6) is 0.648. The van der Waals surface area contributed by atoms with E-state index in [1.165, 1.54) is 0 Å². The van der Waals surface area contributed by atoms with Crippen LogP contribution < -0.4 is 0 Å². The quantitative estimate of drug-likeness (QED) is 0.786. The Morgan fingerprint density at radius 1 is 1.19 bits per heavy atom. The number of amides is 1. The van der Waals surface area contributed by atoms with E-state index in [1.54, 1.807) is 6.20 Å². The molecule has 2 saturated heterocycles. The van der Waals surface area contributed by atoms with Crippen molar-refractivity contribution in [2.45, 2.75) is 45.1 Å². The van der Waals surface area contributed by atoms with Crippen LogP contribution in [0.15, 0.2) is 12.4 Å². The number of aryl methyl sites for hydroxylation is 1. The maximum absolute atomic E-state index is 12.7. The van der Waals surface area contributed by atoms with Crippen molar-refractivity contribution in [3.63, 3.8) is 0 Å². The highest BCUT2D eigenvalue weighted by molar-refractivity contribution is 5.82. The van der Waals surface area contributed by atoms with E-state index in [9.17, 15) is 18.0 Å². The summed E-state index contributed by atoms with van der Waals surface area (Å²) in [7, 11) is 0. The topological polar surface area (TPSA) is 44.6 Å². The van der Waals surface area contributed by atoms with E-state index in [4.69, 9.17) is 0 Å². The molecular formula is C17H26F3N5O. The van der Waals surface area contributed by atoms with Crippen molar-refractivity contribution in [2.24, 2.45) is 0 Å². The molecule has 0 N–H and O–H groups in total. The second-order valence-corrected chi connectivity index (χ2v) is 6.97. The number of piperidine rings is 1. The number of hydrogen-bond donors (Lipinski definition) is 0. The SMILES string of the molecule is CCn1ccnc1CN1CCN(C2CCCN(CC(F)(F)F)C2=O)CC1. The molecule has 2 fully saturated rings. The van der Waals surface area contributed by atoms with Gasteiger partial charge < -0.3 is 9.47 Å². The highest BCUT2D eigenvalue weighted by atomic mass is 19.4. The third-order valence-corrected chi connectivity index (χ3v) is 5.23. The van der Waals surface area contributed by atoms with Gasteiger partial charge in [-0.25, -0.2) is 4.98 Å². The number of alkyl halides is 3. The molecule has 26 heavy (non-hydrogen) atoms. The van der Waals surface area contributed by atoms with Crippen LogP contribution in [0.25, 0.3) is 0 Å². The zero-order valence-electron chi connectivity index (χ0n) is 15.1. The average molecular weight is 373 g/mol. The third-order valence-electron chi connectivity index (χ3n) is 5.23. The van der Waals surface area contributed by atoms with Crippen LogP contribution >= 0.6 is 0 Å². The first-order valence-corrected chi connectivity index (χ1v) is 9.19. The van der Waals surface area contributed by atoms with Crippen molar-refractivity contribution in [1.82, 2.24) is 24.3 Å². The number of likely N-dealkylation sites (tertiary alicyclic amines) is 1. The van der Waals surface area contributed by atoms with Gasteiger partial charge in [-0.15, -0.1) is 0 Å². The second-order valence-electron chi connectivity index (χ2n) is 6.97. The Labute approximate surface area is 151 Å². The van der Waals surface area contributed by atoms with E-state index in [2.05, 4.69) is 21.4 Å². The molecule has 0 radical (unpaired) electrons. The highest BCUT2D eigenvalue weighted by Gasteiger charge is 2.39. The van der Waals surface area contributed by atoms with Gasteiger partial charge in [0.05, 0.1) is 12.6 Å². The number of carbonyl (C=O) groups is 1. The molecule has 2 aliphatic rings. The Balaban J connectivity index is 1.53. The van der Waals surface area contributed by atoms with Crippen LogP contribution in [-0.4, -0.2) is 81.6 Å². The minimum Gasteiger partial charge on any atom is -0.334 e. The van der Waals surface area contributed by atoms with Gasteiger partial charge in [-0.1, -0.05) is 0 Å². The minimum atomic E-state index is -4.34. The molecule has 2 aliphatic heterocycles. The van der Waals surface area contributed by atoms with E-state index >= 15 is 0 Å². The molecule has 0 saturated carbocycles. The summed E-state index contributed by atoms with van der Waals surface area (Å²) in [6, 6.07) is -0.411. The first-order chi connectivity index (χ1) is 12.4. The Kier molecular flexibility index (Phi) is 5.86. The van der Waals surface area contributed by atoms with Crippen LogP contribution in [-0.2, 0) is 17.9 Å². The molecule has 1 unspecified atom stereocenters. The lowest BCUT2D eigenvalue weighted by atomic mass is 10.0. The van der Waals surface area contributed by atoms with Crippen molar-refractivity contribution in [3.05, 3.63) is 18.2 Å². The van der Waals surface area contributed by atoms with Crippen LogP contribution in [0.5, 0.6) is 0 Å². The summed E-state index contributed by atoms with van der Waals surface area (Å²) < 4.78 is 40.1. The lowest BCUT2D eigenvalue weighted by Crippen LogP contribution is -2.58. The Bertz CT molecular complexity index is 610. The fourth-order valence-corrected chi connectivity index (χ4v) is 3.84. The summed E-state index contributed by atoms with van der Waals surface area (Å²) in [4.78, 5) is 22.2. The maximum Gasteiger partial charge on any atom is 0.406 e. The Morgan fingerprint density at radius 3 is 2.58 bits per heavy atom. The van der Waals surface area contributed by atoms with Crippen molar-refractivity contribution in [1.29, 1.82) is 0 Å². The third kappa shape index (κ3) is 4.56. The fourth-order valence-electron chi connectivity index (χ4n) is 3.84. The first kappa shape index (κ1) is 19.2. The number of piperazine rings is 1. The largest absolute Gasteiger partial charge is 0.406 e. The number of carbonyl (C=O) groups excluding carboxylic acids is 1. The fraction of sp³-hybridized carbons (Fsp3) is 0.765. The van der Waals surface area contributed by atoms with Crippen LogP contribution in [0.2, 0.25) is 0 Å². The second kappa shape index (κ2) is 7.96. The lowest BCUT2D eigenvalue weighted by Gasteiger charge is -2.42. The summed E-state index contributed by atoms with van der Waals surface area (Å²) in [5.41, 5.74) is 0. The smallest absolute Gasteiger partial charge is 0.334 e. The number of hydrogen-bond acceptors (Lipinski definition) is 4. The summed E-state index contributed by atoms with van der Waals surface area (Å²) in [6.07, 6.45) is 0.692. The normalized spacial score (nSPS) is 23.6. The summed E-state index contributed by atoms with van der Waals surface area (Å²) in [5, 5.41) is 0. The Morgan fingerprint density at radius 2 is 1.92 bits per heavy atom. The van der Waals surface area contributed by atoms with Crippen LogP contribution in [0.1, 0.15) is 25.6 Å². The number of rotatable bonds is 5. The van der Waals surface area contributed by atoms with Gasteiger partial charge in [-0.2, -0.15) is 13.2 Å². The molecule has 3 heterocycles. The van der Waals surface area contributed by atoms with Gasteiger partial charge in [-0.05, 0) is 19.8 Å². The molecule has 3 rings (SSSR count). The molecule has 9 heteroatoms. The number of aromatic nitrogens is 2. The summed E-state index contributed by atoms with van der Waals surface area (Å²) in [6.45, 7) is 5.75. The van der Waals surface area contributed by atoms with Crippen LogP contribution in [0, 0.1) is 0 Å². The van der Waals surface area contributed by atoms with Crippen molar-refractivity contribution < 1.29 is 18.0 Å². The standard InChI is InChI=1S/C17H26F3N5O/c1-2-23-7-5-21-15(23)12-22-8-10-24(11-9-22)14-4-3-6-25(16(14)26)13-17(18,19)20/h5,7,14H,2-4,6,8-13H2,1H3. The minimum absolute atomic E-state index is 0.203. The molecule has 146 valence electrons.